The topological polar surface area (TPSA) is 71.5 Å². The Labute approximate surface area is 194 Å². The van der Waals surface area contributed by atoms with Gasteiger partial charge in [0.05, 0.1) is 18.5 Å². The van der Waals surface area contributed by atoms with Gasteiger partial charge in [-0.2, -0.15) is 0 Å². The van der Waals surface area contributed by atoms with Gasteiger partial charge in [0, 0.05) is 57.0 Å². The van der Waals surface area contributed by atoms with Gasteiger partial charge in [0.25, 0.3) is 0 Å². The van der Waals surface area contributed by atoms with Crippen molar-refractivity contribution in [3.05, 3.63) is 71.3 Å². The maximum atomic E-state index is 13.0. The van der Waals surface area contributed by atoms with Crippen molar-refractivity contribution in [1.82, 2.24) is 24.8 Å². The van der Waals surface area contributed by atoms with Gasteiger partial charge in [-0.1, -0.05) is 18.2 Å². The summed E-state index contributed by atoms with van der Waals surface area (Å²) in [5.41, 5.74) is 5.28. The van der Waals surface area contributed by atoms with Gasteiger partial charge in [-0.3, -0.25) is 9.78 Å². The van der Waals surface area contributed by atoms with Crippen LogP contribution in [0.4, 0.5) is 0 Å². The number of nitrogens with zero attached hydrogens (tertiary/aromatic N) is 5. The first kappa shape index (κ1) is 21.5. The minimum absolute atomic E-state index is 0.0670. The van der Waals surface area contributed by atoms with Crippen LogP contribution in [-0.2, 0) is 24.1 Å². The predicted molar refractivity (Wildman–Crippen MR) is 126 cm³/mol. The Morgan fingerprint density at radius 3 is 2.58 bits per heavy atom. The molecule has 170 valence electrons. The number of pyridine rings is 1. The molecule has 3 heterocycles. The summed E-state index contributed by atoms with van der Waals surface area (Å²) in [4.78, 5) is 31.0. The van der Waals surface area contributed by atoms with E-state index >= 15 is 0 Å². The van der Waals surface area contributed by atoms with Crippen molar-refractivity contribution in [2.75, 3.05) is 40.3 Å². The molecule has 0 radical (unpaired) electrons. The van der Waals surface area contributed by atoms with Gasteiger partial charge in [-0.15, -0.1) is 0 Å². The number of amides is 1. The van der Waals surface area contributed by atoms with Crippen LogP contribution in [0.5, 0.6) is 5.75 Å². The van der Waals surface area contributed by atoms with Crippen LogP contribution in [0.2, 0.25) is 0 Å². The second-order valence-electron chi connectivity index (χ2n) is 8.95. The maximum absolute atomic E-state index is 13.0. The molecule has 1 saturated heterocycles. The van der Waals surface area contributed by atoms with Crippen molar-refractivity contribution in [3.63, 3.8) is 0 Å². The molecule has 0 saturated carbocycles. The summed E-state index contributed by atoms with van der Waals surface area (Å²) >= 11 is 0. The van der Waals surface area contributed by atoms with E-state index in [1.807, 2.05) is 23.1 Å². The summed E-state index contributed by atoms with van der Waals surface area (Å²) in [6.45, 7) is 3.59. The summed E-state index contributed by atoms with van der Waals surface area (Å²) in [5.74, 6) is 1.87. The summed E-state index contributed by atoms with van der Waals surface area (Å²) in [6.07, 6.45) is 5.80. The third-order valence-electron chi connectivity index (χ3n) is 6.66. The van der Waals surface area contributed by atoms with Crippen LogP contribution >= 0.6 is 0 Å². The van der Waals surface area contributed by atoms with E-state index in [-0.39, 0.29) is 5.92 Å². The average molecular weight is 444 g/mol. The third kappa shape index (κ3) is 4.73. The van der Waals surface area contributed by atoms with Gasteiger partial charge in [-0.05, 0) is 48.7 Å². The lowest BCUT2D eigenvalue weighted by Crippen LogP contribution is -2.49. The monoisotopic (exact) mass is 443 g/mol. The lowest BCUT2D eigenvalue weighted by Gasteiger charge is -2.34. The number of carbonyl (C=O) groups is 1. The molecule has 5 rings (SSSR count). The highest BCUT2D eigenvalue weighted by Crippen LogP contribution is 2.30. The number of carbonyl (C=O) groups excluding carboxylic acids is 1. The number of methoxy groups -OCH3 is 1. The number of fused-ring (bicyclic) bond motifs is 1. The minimum atomic E-state index is 0.0670. The molecule has 1 fully saturated rings. The molecule has 33 heavy (non-hydrogen) atoms. The highest BCUT2D eigenvalue weighted by Gasteiger charge is 2.31. The van der Waals surface area contributed by atoms with E-state index in [0.717, 1.165) is 67.5 Å². The van der Waals surface area contributed by atoms with Crippen LogP contribution in [0.15, 0.2) is 48.8 Å². The van der Waals surface area contributed by atoms with E-state index in [9.17, 15) is 4.79 Å². The number of aromatic nitrogens is 3. The molecule has 1 unspecified atom stereocenters. The SMILES string of the molecule is COc1ccnc(-c2ccnc(Cc3ccc4c(c3)CC(C(=O)N3CCN(C)CC3)C4)n2)c1. The highest BCUT2D eigenvalue weighted by atomic mass is 16.5. The van der Waals surface area contributed by atoms with Crippen molar-refractivity contribution < 1.29 is 9.53 Å². The van der Waals surface area contributed by atoms with E-state index < -0.39 is 0 Å². The molecule has 1 aliphatic heterocycles. The van der Waals surface area contributed by atoms with E-state index in [1.165, 1.54) is 11.1 Å². The fourth-order valence-electron chi connectivity index (χ4n) is 4.73. The van der Waals surface area contributed by atoms with E-state index in [4.69, 9.17) is 9.72 Å². The maximum Gasteiger partial charge on any atom is 0.226 e. The molecule has 7 nitrogen and oxygen atoms in total. The van der Waals surface area contributed by atoms with Crippen molar-refractivity contribution in [2.45, 2.75) is 19.3 Å². The van der Waals surface area contributed by atoms with E-state index in [2.05, 4.69) is 40.1 Å². The van der Waals surface area contributed by atoms with E-state index in [1.54, 1.807) is 19.5 Å². The fraction of sp³-hybridized carbons (Fsp3) is 0.385. The molecule has 1 amide bonds. The predicted octanol–water partition coefficient (Wildman–Crippen LogP) is 2.63. The Bertz CT molecular complexity index is 1160. The first-order chi connectivity index (χ1) is 16.1. The van der Waals surface area contributed by atoms with Crippen molar-refractivity contribution in [3.8, 4) is 17.1 Å². The zero-order valence-corrected chi connectivity index (χ0v) is 19.2. The van der Waals surface area contributed by atoms with Gasteiger partial charge < -0.3 is 14.5 Å². The van der Waals surface area contributed by atoms with Crippen LogP contribution in [0, 0.1) is 5.92 Å². The second-order valence-corrected chi connectivity index (χ2v) is 8.95. The number of hydrogen-bond donors (Lipinski definition) is 0. The quantitative estimate of drug-likeness (QED) is 0.604. The van der Waals surface area contributed by atoms with Gasteiger partial charge in [0.15, 0.2) is 0 Å². The number of rotatable bonds is 5. The molecule has 7 heteroatoms. The van der Waals surface area contributed by atoms with E-state index in [0.29, 0.717) is 12.3 Å². The largest absolute Gasteiger partial charge is 0.497 e. The molecular weight excluding hydrogens is 414 g/mol. The summed E-state index contributed by atoms with van der Waals surface area (Å²) in [7, 11) is 3.75. The molecule has 2 aromatic heterocycles. The molecule has 0 bridgehead atoms. The number of likely N-dealkylation sites (N-methyl/N-ethyl adjacent to an activating group) is 1. The van der Waals surface area contributed by atoms with Crippen LogP contribution < -0.4 is 4.74 Å². The molecule has 1 aromatic carbocycles. The normalized spacial score (nSPS) is 18.2. The van der Waals surface area contributed by atoms with Crippen molar-refractivity contribution in [2.24, 2.45) is 5.92 Å². The number of hydrogen-bond acceptors (Lipinski definition) is 6. The highest BCUT2D eigenvalue weighted by molar-refractivity contribution is 5.80. The van der Waals surface area contributed by atoms with Crippen LogP contribution in [0.3, 0.4) is 0 Å². The lowest BCUT2D eigenvalue weighted by molar-refractivity contribution is -0.136. The molecule has 1 aliphatic carbocycles. The fourth-order valence-corrected chi connectivity index (χ4v) is 4.73. The Morgan fingerprint density at radius 1 is 0.970 bits per heavy atom. The summed E-state index contributed by atoms with van der Waals surface area (Å²) in [6, 6.07) is 12.1. The van der Waals surface area contributed by atoms with Crippen molar-refractivity contribution >= 4 is 5.91 Å². The van der Waals surface area contributed by atoms with Crippen LogP contribution in [-0.4, -0.2) is 71.0 Å². The molecule has 2 aliphatic rings. The third-order valence-corrected chi connectivity index (χ3v) is 6.66. The second kappa shape index (κ2) is 9.27. The Kier molecular flexibility index (Phi) is 6.05. The Balaban J connectivity index is 1.28. The Hall–Kier alpha value is -3.32. The van der Waals surface area contributed by atoms with Gasteiger partial charge in [-0.25, -0.2) is 9.97 Å². The number of piperazine rings is 1. The van der Waals surface area contributed by atoms with Gasteiger partial charge in [0.2, 0.25) is 5.91 Å². The molecule has 0 N–H and O–H groups in total. The standard InChI is InChI=1S/C26H29N5O2/c1-30-9-11-31(12-10-30)26(32)21-15-19-4-3-18(13-20(19)16-21)14-25-28-8-6-23(29-25)24-17-22(33-2)5-7-27-24/h3-8,13,17,21H,9-12,14-16H2,1-2H3. The van der Waals surface area contributed by atoms with Crippen LogP contribution in [0.1, 0.15) is 22.5 Å². The van der Waals surface area contributed by atoms with Gasteiger partial charge >= 0.3 is 0 Å². The Morgan fingerprint density at radius 2 is 1.76 bits per heavy atom. The molecular formula is C26H29N5O2. The van der Waals surface area contributed by atoms with Crippen LogP contribution in [0.25, 0.3) is 11.4 Å². The first-order valence-corrected chi connectivity index (χ1v) is 11.5. The number of benzene rings is 1. The minimum Gasteiger partial charge on any atom is -0.497 e. The van der Waals surface area contributed by atoms with Gasteiger partial charge in [0.1, 0.15) is 11.6 Å². The molecule has 1 atom stereocenters. The summed E-state index contributed by atoms with van der Waals surface area (Å²) < 4.78 is 5.30. The summed E-state index contributed by atoms with van der Waals surface area (Å²) in [5, 5.41) is 0. The smallest absolute Gasteiger partial charge is 0.226 e. The zero-order chi connectivity index (χ0) is 22.8. The first-order valence-electron chi connectivity index (χ1n) is 11.5. The molecule has 3 aromatic rings. The number of ether oxygens (including phenoxy) is 1. The zero-order valence-electron chi connectivity index (χ0n) is 19.2. The average Bonchev–Trinajstić information content (AvgIpc) is 3.28. The molecule has 0 spiro atoms. The van der Waals surface area contributed by atoms with Crippen molar-refractivity contribution in [1.29, 1.82) is 0 Å². The lowest BCUT2D eigenvalue weighted by atomic mass is 10.0.